The van der Waals surface area contributed by atoms with Crippen molar-refractivity contribution in [2.75, 3.05) is 26.3 Å². The molecule has 0 fully saturated rings. The average Bonchev–Trinajstić information content (AvgIpc) is 2.46. The first-order valence-corrected chi connectivity index (χ1v) is 6.30. The maximum atomic E-state index is 12.3. The Kier molecular flexibility index (Phi) is 4.49. The second-order valence-electron chi connectivity index (χ2n) is 4.33. The molecule has 1 aromatic heterocycles. The molecule has 0 radical (unpaired) electrons. The van der Waals surface area contributed by atoms with Gasteiger partial charge in [-0.2, -0.15) is 0 Å². The third kappa shape index (κ3) is 2.87. The van der Waals surface area contributed by atoms with Gasteiger partial charge in [0.25, 0.3) is 5.91 Å². The summed E-state index contributed by atoms with van der Waals surface area (Å²) < 4.78 is 0. The standard InChI is InChI=1S/C14H16N2O4/c17-7-5-16(6-8-18)14(20)12-9-13(19)10-3-1-2-4-11(10)15-12/h1-4,9,17-18H,5-8H2,(H,15,19). The molecule has 1 amide bonds. The molecule has 6 nitrogen and oxygen atoms in total. The summed E-state index contributed by atoms with van der Waals surface area (Å²) in [5.74, 6) is -0.420. The van der Waals surface area contributed by atoms with Crippen LogP contribution in [0.5, 0.6) is 0 Å². The summed E-state index contributed by atoms with van der Waals surface area (Å²) in [7, 11) is 0. The zero-order valence-electron chi connectivity index (χ0n) is 10.9. The fourth-order valence-electron chi connectivity index (χ4n) is 2.04. The van der Waals surface area contributed by atoms with Crippen molar-refractivity contribution >= 4 is 16.8 Å². The van der Waals surface area contributed by atoms with E-state index in [0.717, 1.165) is 0 Å². The highest BCUT2D eigenvalue weighted by Gasteiger charge is 2.16. The molecule has 1 aromatic carbocycles. The Morgan fingerprint density at radius 2 is 1.80 bits per heavy atom. The van der Waals surface area contributed by atoms with Crippen molar-refractivity contribution in [2.45, 2.75) is 0 Å². The molecular weight excluding hydrogens is 260 g/mol. The smallest absolute Gasteiger partial charge is 0.270 e. The number of benzene rings is 1. The third-order valence-electron chi connectivity index (χ3n) is 2.99. The number of nitrogens with one attached hydrogen (secondary N) is 1. The summed E-state index contributed by atoms with van der Waals surface area (Å²) in [6.45, 7) is -0.199. The minimum Gasteiger partial charge on any atom is -0.395 e. The molecule has 2 aromatic rings. The normalized spacial score (nSPS) is 10.7. The Morgan fingerprint density at radius 3 is 2.45 bits per heavy atom. The molecule has 0 spiro atoms. The number of carbonyl (C=O) groups excluding carboxylic acids is 1. The molecule has 1 heterocycles. The Balaban J connectivity index is 2.41. The van der Waals surface area contributed by atoms with E-state index in [9.17, 15) is 9.59 Å². The first kappa shape index (κ1) is 14.2. The number of hydrogen-bond acceptors (Lipinski definition) is 4. The van der Waals surface area contributed by atoms with E-state index in [1.54, 1.807) is 24.3 Å². The highest BCUT2D eigenvalue weighted by Crippen LogP contribution is 2.09. The fraction of sp³-hybridized carbons (Fsp3) is 0.286. The molecule has 0 bridgehead atoms. The van der Waals surface area contributed by atoms with Crippen molar-refractivity contribution in [1.82, 2.24) is 9.88 Å². The van der Waals surface area contributed by atoms with Crippen LogP contribution in [0, 0.1) is 0 Å². The molecule has 0 unspecified atom stereocenters. The van der Waals surface area contributed by atoms with E-state index in [1.807, 2.05) is 0 Å². The minimum atomic E-state index is -0.420. The van der Waals surface area contributed by atoms with Crippen molar-refractivity contribution in [1.29, 1.82) is 0 Å². The van der Waals surface area contributed by atoms with Gasteiger partial charge < -0.3 is 20.1 Å². The van der Waals surface area contributed by atoms with Gasteiger partial charge in [0.15, 0.2) is 5.43 Å². The van der Waals surface area contributed by atoms with Gasteiger partial charge >= 0.3 is 0 Å². The molecule has 6 heteroatoms. The van der Waals surface area contributed by atoms with Crippen LogP contribution in [0.4, 0.5) is 0 Å². The van der Waals surface area contributed by atoms with Crippen molar-refractivity contribution in [3.05, 3.63) is 46.2 Å². The Bertz CT molecular complexity index is 660. The van der Waals surface area contributed by atoms with E-state index in [2.05, 4.69) is 4.98 Å². The second-order valence-corrected chi connectivity index (χ2v) is 4.33. The molecular formula is C14H16N2O4. The molecule has 106 valence electrons. The number of fused-ring (bicyclic) bond motifs is 1. The van der Waals surface area contributed by atoms with Crippen LogP contribution >= 0.6 is 0 Å². The number of aliphatic hydroxyl groups is 2. The number of aliphatic hydroxyl groups excluding tert-OH is 2. The summed E-state index contributed by atoms with van der Waals surface area (Å²) in [4.78, 5) is 28.4. The van der Waals surface area contributed by atoms with E-state index in [0.29, 0.717) is 10.9 Å². The van der Waals surface area contributed by atoms with Gasteiger partial charge in [-0.1, -0.05) is 12.1 Å². The third-order valence-corrected chi connectivity index (χ3v) is 2.99. The van der Waals surface area contributed by atoms with Crippen LogP contribution in [-0.4, -0.2) is 52.3 Å². The first-order chi connectivity index (χ1) is 9.67. The topological polar surface area (TPSA) is 93.6 Å². The van der Waals surface area contributed by atoms with Gasteiger partial charge in [-0.05, 0) is 12.1 Å². The number of hydrogen-bond donors (Lipinski definition) is 3. The van der Waals surface area contributed by atoms with Crippen LogP contribution in [0.1, 0.15) is 10.5 Å². The number of rotatable bonds is 5. The number of para-hydroxylation sites is 1. The first-order valence-electron chi connectivity index (χ1n) is 6.30. The lowest BCUT2D eigenvalue weighted by molar-refractivity contribution is 0.0679. The summed E-state index contributed by atoms with van der Waals surface area (Å²) in [6, 6.07) is 8.17. The molecule has 0 saturated heterocycles. The Labute approximate surface area is 115 Å². The van der Waals surface area contributed by atoms with Crippen LogP contribution in [0.15, 0.2) is 35.1 Å². The van der Waals surface area contributed by atoms with Gasteiger partial charge in [-0.25, -0.2) is 0 Å². The SMILES string of the molecule is O=C(c1cc(=O)c2ccccc2[nH]1)N(CCO)CCO. The highest BCUT2D eigenvalue weighted by atomic mass is 16.3. The van der Waals surface area contributed by atoms with Crippen LogP contribution in [0.2, 0.25) is 0 Å². The summed E-state index contributed by atoms with van der Waals surface area (Å²) in [6.07, 6.45) is 0. The Hall–Kier alpha value is -2.18. The van der Waals surface area contributed by atoms with Crippen LogP contribution < -0.4 is 5.43 Å². The van der Waals surface area contributed by atoms with Crippen molar-refractivity contribution < 1.29 is 15.0 Å². The van der Waals surface area contributed by atoms with E-state index >= 15 is 0 Å². The summed E-state index contributed by atoms with van der Waals surface area (Å²) in [5, 5.41) is 18.4. The molecule has 0 aliphatic carbocycles. The van der Waals surface area contributed by atoms with Gasteiger partial charge in [0, 0.05) is 30.1 Å². The lowest BCUT2D eigenvalue weighted by Gasteiger charge is -2.20. The lowest BCUT2D eigenvalue weighted by atomic mass is 10.2. The van der Waals surface area contributed by atoms with Gasteiger partial charge in [0.2, 0.25) is 0 Å². The predicted molar refractivity (Wildman–Crippen MR) is 74.6 cm³/mol. The van der Waals surface area contributed by atoms with E-state index in [1.165, 1.54) is 11.0 Å². The van der Waals surface area contributed by atoms with Crippen LogP contribution in [0.25, 0.3) is 10.9 Å². The quantitative estimate of drug-likeness (QED) is 0.714. The monoisotopic (exact) mass is 276 g/mol. The van der Waals surface area contributed by atoms with Crippen LogP contribution in [0.3, 0.4) is 0 Å². The molecule has 0 saturated carbocycles. The van der Waals surface area contributed by atoms with E-state index in [4.69, 9.17) is 10.2 Å². The number of carbonyl (C=O) groups is 1. The number of aromatic nitrogens is 1. The van der Waals surface area contributed by atoms with E-state index < -0.39 is 5.91 Å². The molecule has 0 aliphatic rings. The van der Waals surface area contributed by atoms with Gasteiger partial charge in [-0.15, -0.1) is 0 Å². The number of aromatic amines is 1. The highest BCUT2D eigenvalue weighted by molar-refractivity contribution is 5.94. The summed E-state index contributed by atoms with van der Waals surface area (Å²) >= 11 is 0. The van der Waals surface area contributed by atoms with Gasteiger partial charge in [-0.3, -0.25) is 9.59 Å². The number of H-pyrrole nitrogens is 1. The molecule has 3 N–H and O–H groups in total. The average molecular weight is 276 g/mol. The van der Waals surface area contributed by atoms with Crippen LogP contribution in [-0.2, 0) is 0 Å². The second kappa shape index (κ2) is 6.31. The van der Waals surface area contributed by atoms with Crippen molar-refractivity contribution in [2.24, 2.45) is 0 Å². The number of nitrogens with zero attached hydrogens (tertiary/aromatic N) is 1. The predicted octanol–water partition coefficient (Wildman–Crippen LogP) is -0.0451. The number of pyridine rings is 1. The lowest BCUT2D eigenvalue weighted by Crippen LogP contribution is -2.36. The zero-order valence-corrected chi connectivity index (χ0v) is 10.9. The molecule has 20 heavy (non-hydrogen) atoms. The maximum Gasteiger partial charge on any atom is 0.270 e. The number of amides is 1. The minimum absolute atomic E-state index is 0.105. The van der Waals surface area contributed by atoms with Gasteiger partial charge in [0.05, 0.1) is 13.2 Å². The zero-order chi connectivity index (χ0) is 14.5. The molecule has 2 rings (SSSR count). The Morgan fingerprint density at radius 1 is 1.15 bits per heavy atom. The molecule has 0 atom stereocenters. The maximum absolute atomic E-state index is 12.3. The fourth-order valence-corrected chi connectivity index (χ4v) is 2.04. The van der Waals surface area contributed by atoms with E-state index in [-0.39, 0.29) is 37.4 Å². The summed E-state index contributed by atoms with van der Waals surface area (Å²) in [5.41, 5.74) is 0.488. The van der Waals surface area contributed by atoms with Crippen molar-refractivity contribution in [3.63, 3.8) is 0 Å². The van der Waals surface area contributed by atoms with Gasteiger partial charge in [0.1, 0.15) is 5.69 Å². The van der Waals surface area contributed by atoms with Crippen molar-refractivity contribution in [3.8, 4) is 0 Å². The largest absolute Gasteiger partial charge is 0.395 e. The molecule has 0 aliphatic heterocycles.